The van der Waals surface area contributed by atoms with Gasteiger partial charge in [-0.2, -0.15) is 0 Å². The Balaban J connectivity index is 3.12. The van der Waals surface area contributed by atoms with Gasteiger partial charge in [0.25, 0.3) is 0 Å². The van der Waals surface area contributed by atoms with E-state index in [9.17, 15) is 29.3 Å². The van der Waals surface area contributed by atoms with Crippen LogP contribution in [0.5, 0.6) is 17.2 Å². The molecular weight excluding hydrogens is 259 g/mol. The molecule has 0 unspecified atom stereocenters. The molecular formula is C12H7FO6. The summed E-state index contributed by atoms with van der Waals surface area (Å²) in [7, 11) is 0. The first kappa shape index (κ1) is 12.6. The van der Waals surface area contributed by atoms with Crippen molar-refractivity contribution in [1.82, 2.24) is 0 Å². The van der Waals surface area contributed by atoms with E-state index in [1.807, 2.05) is 0 Å². The van der Waals surface area contributed by atoms with Crippen LogP contribution < -0.4 is 5.43 Å². The highest BCUT2D eigenvalue weighted by Crippen LogP contribution is 2.34. The predicted molar refractivity (Wildman–Crippen MR) is 62.1 cm³/mol. The summed E-state index contributed by atoms with van der Waals surface area (Å²) in [6.45, 7) is 0. The Morgan fingerprint density at radius 1 is 1.05 bits per heavy atom. The zero-order chi connectivity index (χ0) is 14.3. The van der Waals surface area contributed by atoms with Crippen molar-refractivity contribution in [2.24, 2.45) is 0 Å². The Bertz CT molecular complexity index is 768. The summed E-state index contributed by atoms with van der Waals surface area (Å²) in [5, 5.41) is 36.2. The fourth-order valence-electron chi connectivity index (χ4n) is 1.67. The number of carboxylic acid groups (broad SMARTS) is 1. The molecule has 0 atom stereocenters. The predicted octanol–water partition coefficient (Wildman–Crippen LogP) is 1.15. The topological polar surface area (TPSA) is 115 Å². The van der Waals surface area contributed by atoms with Gasteiger partial charge in [-0.05, 0) is 23.6 Å². The van der Waals surface area contributed by atoms with Gasteiger partial charge in [-0.15, -0.1) is 0 Å². The molecule has 0 spiro atoms. The van der Waals surface area contributed by atoms with E-state index < -0.39 is 45.4 Å². The van der Waals surface area contributed by atoms with E-state index in [2.05, 4.69) is 0 Å². The first-order valence-corrected chi connectivity index (χ1v) is 4.97. The van der Waals surface area contributed by atoms with Crippen LogP contribution in [0.3, 0.4) is 0 Å². The molecule has 0 amide bonds. The molecule has 0 aliphatic heterocycles. The molecule has 0 aliphatic rings. The van der Waals surface area contributed by atoms with Crippen molar-refractivity contribution in [2.45, 2.75) is 0 Å². The average Bonchev–Trinajstić information content (AvgIpc) is 2.45. The highest BCUT2D eigenvalue weighted by Gasteiger charge is 2.17. The van der Waals surface area contributed by atoms with E-state index in [1.54, 1.807) is 0 Å². The number of benzene rings is 1. The lowest BCUT2D eigenvalue weighted by Gasteiger charge is -2.01. The molecule has 98 valence electrons. The number of aromatic hydroxyl groups is 3. The van der Waals surface area contributed by atoms with Gasteiger partial charge in [0.05, 0.1) is 10.9 Å². The van der Waals surface area contributed by atoms with Crippen molar-refractivity contribution in [3.8, 4) is 17.2 Å². The quantitative estimate of drug-likeness (QED) is 0.575. The minimum atomic E-state index is -1.44. The van der Waals surface area contributed by atoms with Crippen LogP contribution >= 0.6 is 0 Å². The second kappa shape index (κ2) is 4.13. The van der Waals surface area contributed by atoms with E-state index in [4.69, 9.17) is 5.11 Å². The Morgan fingerprint density at radius 3 is 2.26 bits per heavy atom. The summed E-state index contributed by atoms with van der Waals surface area (Å²) in [5.74, 6) is -5.80. The van der Waals surface area contributed by atoms with Gasteiger partial charge in [0.2, 0.25) is 5.43 Å². The number of carbonyl (C=O) groups is 1. The third kappa shape index (κ3) is 1.90. The number of phenolic OH excluding ortho intramolecular Hbond substituents is 2. The number of hydrogen-bond acceptors (Lipinski definition) is 5. The first-order chi connectivity index (χ1) is 8.82. The second-order valence-electron chi connectivity index (χ2n) is 3.78. The van der Waals surface area contributed by atoms with Crippen LogP contribution in [0, 0.1) is 5.82 Å². The molecule has 0 saturated heterocycles. The largest absolute Gasteiger partial charge is 0.504 e. The van der Waals surface area contributed by atoms with Crippen LogP contribution in [-0.4, -0.2) is 26.4 Å². The molecule has 0 aromatic heterocycles. The zero-order valence-electron chi connectivity index (χ0n) is 9.22. The van der Waals surface area contributed by atoms with Crippen LogP contribution in [-0.2, 0) is 0 Å². The molecule has 0 heterocycles. The highest BCUT2D eigenvalue weighted by molar-refractivity contribution is 5.96. The van der Waals surface area contributed by atoms with Crippen molar-refractivity contribution in [2.75, 3.05) is 0 Å². The Morgan fingerprint density at radius 2 is 1.68 bits per heavy atom. The SMILES string of the molecule is O=C(O)c1cc(O)c(=O)c2c(O)c(O)c(F)cc2c1. The smallest absolute Gasteiger partial charge is 0.335 e. The van der Waals surface area contributed by atoms with Crippen LogP contribution in [0.25, 0.3) is 10.8 Å². The van der Waals surface area contributed by atoms with E-state index >= 15 is 0 Å². The van der Waals surface area contributed by atoms with Crippen molar-refractivity contribution in [3.63, 3.8) is 0 Å². The summed E-state index contributed by atoms with van der Waals surface area (Å²) in [6, 6.07) is 2.28. The molecule has 0 saturated carbocycles. The molecule has 2 rings (SSSR count). The Hall–Kier alpha value is -2.83. The van der Waals surface area contributed by atoms with Crippen LogP contribution in [0.15, 0.2) is 23.0 Å². The summed E-state index contributed by atoms with van der Waals surface area (Å²) < 4.78 is 13.3. The molecule has 7 heteroatoms. The fourth-order valence-corrected chi connectivity index (χ4v) is 1.67. The molecule has 19 heavy (non-hydrogen) atoms. The lowest BCUT2D eigenvalue weighted by Crippen LogP contribution is -1.98. The second-order valence-corrected chi connectivity index (χ2v) is 3.78. The maximum atomic E-state index is 13.3. The number of hydrogen-bond donors (Lipinski definition) is 4. The van der Waals surface area contributed by atoms with Crippen LogP contribution in [0.4, 0.5) is 4.39 Å². The number of rotatable bonds is 1. The Labute approximate surface area is 104 Å². The number of carboxylic acids is 1. The van der Waals surface area contributed by atoms with Gasteiger partial charge >= 0.3 is 5.97 Å². The van der Waals surface area contributed by atoms with E-state index in [0.717, 1.165) is 6.07 Å². The average molecular weight is 266 g/mol. The number of aromatic carboxylic acids is 1. The van der Waals surface area contributed by atoms with Gasteiger partial charge in [0.1, 0.15) is 0 Å². The number of phenols is 2. The molecule has 2 aromatic rings. The van der Waals surface area contributed by atoms with Gasteiger partial charge in [0, 0.05) is 0 Å². The maximum Gasteiger partial charge on any atom is 0.335 e. The summed E-state index contributed by atoms with van der Waals surface area (Å²) in [6.07, 6.45) is 0. The molecule has 0 aliphatic carbocycles. The van der Waals surface area contributed by atoms with Gasteiger partial charge in [0.15, 0.2) is 23.1 Å². The van der Waals surface area contributed by atoms with Gasteiger partial charge < -0.3 is 20.4 Å². The number of fused-ring (bicyclic) bond motifs is 1. The molecule has 6 nitrogen and oxygen atoms in total. The van der Waals surface area contributed by atoms with Gasteiger partial charge in [-0.3, -0.25) is 4.79 Å². The van der Waals surface area contributed by atoms with Crippen molar-refractivity contribution in [3.05, 3.63) is 39.8 Å². The standard InChI is InChI=1S/C12H7FO6/c13-6-2-4-1-5(12(18)19)3-7(14)10(16)8(4)11(17)9(6)15/h1-3,15,17H,(H,14,16)(H,18,19). The van der Waals surface area contributed by atoms with Crippen molar-refractivity contribution < 1.29 is 29.6 Å². The third-order valence-corrected chi connectivity index (χ3v) is 2.57. The lowest BCUT2D eigenvalue weighted by molar-refractivity contribution is 0.0696. The molecule has 0 radical (unpaired) electrons. The maximum absolute atomic E-state index is 13.3. The van der Waals surface area contributed by atoms with Crippen LogP contribution in [0.1, 0.15) is 10.4 Å². The monoisotopic (exact) mass is 266 g/mol. The highest BCUT2D eigenvalue weighted by atomic mass is 19.1. The molecule has 4 N–H and O–H groups in total. The summed E-state index contributed by atoms with van der Waals surface area (Å²) in [5.41, 5.74) is -1.58. The zero-order valence-corrected chi connectivity index (χ0v) is 9.22. The molecule has 0 fully saturated rings. The van der Waals surface area contributed by atoms with Crippen molar-refractivity contribution in [1.29, 1.82) is 0 Å². The third-order valence-electron chi connectivity index (χ3n) is 2.57. The number of halogens is 1. The lowest BCUT2D eigenvalue weighted by atomic mass is 10.1. The van der Waals surface area contributed by atoms with Gasteiger partial charge in [-0.1, -0.05) is 0 Å². The normalized spacial score (nSPS) is 10.6. The summed E-state index contributed by atoms with van der Waals surface area (Å²) in [4.78, 5) is 22.6. The Kier molecular flexibility index (Phi) is 2.74. The molecule has 2 aromatic carbocycles. The first-order valence-electron chi connectivity index (χ1n) is 4.97. The van der Waals surface area contributed by atoms with Crippen LogP contribution in [0.2, 0.25) is 0 Å². The fraction of sp³-hybridized carbons (Fsp3) is 0. The van der Waals surface area contributed by atoms with Gasteiger partial charge in [-0.25, -0.2) is 9.18 Å². The summed E-state index contributed by atoms with van der Waals surface area (Å²) >= 11 is 0. The van der Waals surface area contributed by atoms with Crippen molar-refractivity contribution >= 4 is 16.7 Å². The minimum Gasteiger partial charge on any atom is -0.504 e. The minimum absolute atomic E-state index is 0.254. The van der Waals surface area contributed by atoms with E-state index in [-0.39, 0.29) is 5.39 Å². The van der Waals surface area contributed by atoms with E-state index in [1.165, 1.54) is 0 Å². The molecule has 0 bridgehead atoms. The van der Waals surface area contributed by atoms with E-state index in [0.29, 0.717) is 12.1 Å².